The van der Waals surface area contributed by atoms with Gasteiger partial charge in [-0.25, -0.2) is 15.0 Å². The molecule has 0 saturated heterocycles. The normalized spacial score (nSPS) is 11.5. The number of fused-ring (bicyclic) bond motifs is 6. The van der Waals surface area contributed by atoms with Gasteiger partial charge in [-0.3, -0.25) is 0 Å². The molecule has 238 valence electrons. The second-order valence-corrected chi connectivity index (χ2v) is 13.9. The number of hydrogen-bond acceptors (Lipinski definition) is 4. The lowest BCUT2D eigenvalue weighted by atomic mass is 9.89. The smallest absolute Gasteiger partial charge is 0.160 e. The quantitative estimate of drug-likeness (QED) is 0.171. The Morgan fingerprint density at radius 3 is 1.86 bits per heavy atom. The van der Waals surface area contributed by atoms with E-state index in [1.165, 1.54) is 42.6 Å². The van der Waals surface area contributed by atoms with Gasteiger partial charge in [0, 0.05) is 43.9 Å². The molecule has 3 nitrogen and oxygen atoms in total. The molecule has 10 rings (SSSR count). The summed E-state index contributed by atoms with van der Waals surface area (Å²) in [5, 5.41) is 7.34. The molecule has 10 aromatic rings. The second-order valence-electron chi connectivity index (χ2n) is 12.8. The van der Waals surface area contributed by atoms with Crippen molar-refractivity contribution in [2.45, 2.75) is 0 Å². The summed E-state index contributed by atoms with van der Waals surface area (Å²) >= 11 is 1.74. The summed E-state index contributed by atoms with van der Waals surface area (Å²) < 4.78 is 1.24. The first-order chi connectivity index (χ1) is 25.3. The fraction of sp³-hybridized carbons (Fsp3) is 0. The zero-order chi connectivity index (χ0) is 33.7. The van der Waals surface area contributed by atoms with Crippen LogP contribution >= 0.6 is 11.3 Å². The van der Waals surface area contributed by atoms with Crippen molar-refractivity contribution in [3.05, 3.63) is 176 Å². The van der Waals surface area contributed by atoms with Crippen LogP contribution in [0.25, 0.3) is 98.0 Å². The molecule has 4 heteroatoms. The number of pyridine rings is 1. The van der Waals surface area contributed by atoms with Gasteiger partial charge in [-0.1, -0.05) is 140 Å². The van der Waals surface area contributed by atoms with Crippen LogP contribution in [-0.2, 0) is 0 Å². The van der Waals surface area contributed by atoms with Crippen molar-refractivity contribution in [2.75, 3.05) is 0 Å². The molecule has 3 aromatic heterocycles. The molecule has 0 fully saturated rings. The first-order valence-electron chi connectivity index (χ1n) is 17.1. The maximum Gasteiger partial charge on any atom is 0.160 e. The maximum atomic E-state index is 5.31. The first-order valence-corrected chi connectivity index (χ1v) is 17.9. The van der Waals surface area contributed by atoms with Gasteiger partial charge in [-0.05, 0) is 68.6 Å². The second kappa shape index (κ2) is 12.1. The number of hydrogen-bond donors (Lipinski definition) is 0. The first kappa shape index (κ1) is 29.4. The minimum absolute atomic E-state index is 0.692. The lowest BCUT2D eigenvalue weighted by Gasteiger charge is -2.16. The Morgan fingerprint density at radius 1 is 0.373 bits per heavy atom. The molecule has 51 heavy (non-hydrogen) atoms. The summed E-state index contributed by atoms with van der Waals surface area (Å²) in [6.45, 7) is 0. The van der Waals surface area contributed by atoms with E-state index >= 15 is 0 Å². The monoisotopic (exact) mass is 667 g/mol. The van der Waals surface area contributed by atoms with Gasteiger partial charge in [-0.2, -0.15) is 0 Å². The molecule has 0 atom stereocenters. The molecule has 7 aromatic carbocycles. The van der Waals surface area contributed by atoms with Crippen LogP contribution in [-0.4, -0.2) is 15.0 Å². The van der Waals surface area contributed by atoms with Crippen LogP contribution in [0.4, 0.5) is 0 Å². The van der Waals surface area contributed by atoms with Gasteiger partial charge < -0.3 is 0 Å². The van der Waals surface area contributed by atoms with E-state index in [1.54, 1.807) is 11.3 Å². The number of thiophene rings is 1. The third-order valence-electron chi connectivity index (χ3n) is 9.75. The number of aromatic nitrogens is 3. The summed E-state index contributed by atoms with van der Waals surface area (Å²) in [7, 11) is 0. The van der Waals surface area contributed by atoms with Crippen molar-refractivity contribution < 1.29 is 0 Å². The minimum atomic E-state index is 0.692. The molecule has 0 saturated carbocycles. The molecular formula is C47H29N3S. The van der Waals surface area contributed by atoms with E-state index in [4.69, 9.17) is 15.0 Å². The Balaban J connectivity index is 1.26. The van der Waals surface area contributed by atoms with Crippen LogP contribution < -0.4 is 0 Å². The summed E-state index contributed by atoms with van der Waals surface area (Å²) in [6.07, 6.45) is 2.01. The molecule has 0 N–H and O–H groups in total. The van der Waals surface area contributed by atoms with Crippen LogP contribution in [0.1, 0.15) is 0 Å². The van der Waals surface area contributed by atoms with E-state index in [0.717, 1.165) is 49.6 Å². The average Bonchev–Trinajstić information content (AvgIpc) is 3.59. The number of nitrogens with zero attached hydrogens (tertiary/aromatic N) is 3. The standard InChI is InChI=1S/C47H29N3S/c1-3-13-30(14-4-1)43-28-44(50-46(49-43)31-15-5-2-6-16-31)41-26-33(40-25-32-17-7-8-18-35(32)37-19-9-10-20-38(37)40)23-24-36(41)34-27-42-39-21-11-12-22-45(39)51-47(42)48-29-34/h1-29H. The summed E-state index contributed by atoms with van der Waals surface area (Å²) in [5.41, 5.74) is 9.24. The van der Waals surface area contributed by atoms with Gasteiger partial charge in [0.15, 0.2) is 5.82 Å². The Bertz CT molecular complexity index is 2860. The van der Waals surface area contributed by atoms with Crippen LogP contribution in [0.3, 0.4) is 0 Å². The van der Waals surface area contributed by atoms with E-state index in [-0.39, 0.29) is 0 Å². The molecule has 0 bridgehead atoms. The van der Waals surface area contributed by atoms with Gasteiger partial charge in [0.2, 0.25) is 0 Å². The molecule has 0 spiro atoms. The van der Waals surface area contributed by atoms with Gasteiger partial charge in [0.1, 0.15) is 4.83 Å². The predicted molar refractivity (Wildman–Crippen MR) is 215 cm³/mol. The van der Waals surface area contributed by atoms with Gasteiger partial charge in [-0.15, -0.1) is 11.3 Å². The number of rotatable bonds is 5. The number of benzene rings is 7. The Morgan fingerprint density at radius 2 is 1.04 bits per heavy atom. The predicted octanol–water partition coefficient (Wildman–Crippen LogP) is 12.9. The highest BCUT2D eigenvalue weighted by Gasteiger charge is 2.18. The highest BCUT2D eigenvalue weighted by atomic mass is 32.1. The lowest BCUT2D eigenvalue weighted by molar-refractivity contribution is 1.18. The fourth-order valence-corrected chi connectivity index (χ4v) is 8.31. The van der Waals surface area contributed by atoms with E-state index in [9.17, 15) is 0 Å². The Kier molecular flexibility index (Phi) is 7.00. The summed E-state index contributed by atoms with van der Waals surface area (Å²) in [4.78, 5) is 16.5. The third kappa shape index (κ3) is 5.16. The van der Waals surface area contributed by atoms with Crippen molar-refractivity contribution >= 4 is 53.2 Å². The largest absolute Gasteiger partial charge is 0.245 e. The van der Waals surface area contributed by atoms with Gasteiger partial charge in [0.25, 0.3) is 0 Å². The molecule has 0 aliphatic carbocycles. The van der Waals surface area contributed by atoms with E-state index in [2.05, 4.69) is 146 Å². The van der Waals surface area contributed by atoms with Crippen molar-refractivity contribution in [3.63, 3.8) is 0 Å². The summed E-state index contributed by atoms with van der Waals surface area (Å²) in [5.74, 6) is 0.692. The van der Waals surface area contributed by atoms with Crippen LogP contribution in [0, 0.1) is 0 Å². The Labute approximate surface area is 299 Å². The van der Waals surface area contributed by atoms with Crippen LogP contribution in [0.5, 0.6) is 0 Å². The molecule has 0 aliphatic rings. The topological polar surface area (TPSA) is 38.7 Å². The average molecular weight is 668 g/mol. The molecular weight excluding hydrogens is 639 g/mol. The van der Waals surface area contributed by atoms with Crippen molar-refractivity contribution in [2.24, 2.45) is 0 Å². The SMILES string of the molecule is c1ccc(-c2cc(-c3cc(-c4cc5ccccc5c5ccccc45)ccc3-c3cnc4sc5ccccc5c4c3)nc(-c3ccccc3)n2)cc1. The van der Waals surface area contributed by atoms with Crippen molar-refractivity contribution in [3.8, 4) is 56.2 Å². The molecule has 0 radical (unpaired) electrons. The third-order valence-corrected chi connectivity index (χ3v) is 10.8. The van der Waals surface area contributed by atoms with Crippen LogP contribution in [0.15, 0.2) is 176 Å². The van der Waals surface area contributed by atoms with E-state index in [0.29, 0.717) is 5.82 Å². The molecule has 0 amide bonds. The lowest BCUT2D eigenvalue weighted by Crippen LogP contribution is -1.97. The zero-order valence-electron chi connectivity index (χ0n) is 27.5. The molecule has 0 aliphatic heterocycles. The fourth-order valence-electron chi connectivity index (χ4n) is 7.28. The van der Waals surface area contributed by atoms with Crippen molar-refractivity contribution in [1.29, 1.82) is 0 Å². The highest BCUT2D eigenvalue weighted by molar-refractivity contribution is 7.25. The van der Waals surface area contributed by atoms with Crippen LogP contribution in [0.2, 0.25) is 0 Å². The highest BCUT2D eigenvalue weighted by Crippen LogP contribution is 2.42. The zero-order valence-corrected chi connectivity index (χ0v) is 28.3. The molecule has 0 unspecified atom stereocenters. The minimum Gasteiger partial charge on any atom is -0.245 e. The van der Waals surface area contributed by atoms with Gasteiger partial charge >= 0.3 is 0 Å². The van der Waals surface area contributed by atoms with E-state index < -0.39 is 0 Å². The van der Waals surface area contributed by atoms with Gasteiger partial charge in [0.05, 0.1) is 11.4 Å². The van der Waals surface area contributed by atoms with Crippen molar-refractivity contribution in [1.82, 2.24) is 15.0 Å². The summed E-state index contributed by atoms with van der Waals surface area (Å²) in [6, 6.07) is 60.1. The Hall–Kier alpha value is -6.49. The maximum absolute atomic E-state index is 5.31. The molecule has 3 heterocycles. The van der Waals surface area contributed by atoms with E-state index in [1.807, 2.05) is 30.5 Å².